The normalized spacial score (nSPS) is 14.4. The number of carbonyl (C=O) groups excluding carboxylic acids is 2. The van der Waals surface area contributed by atoms with Crippen LogP contribution in [0.2, 0.25) is 10.0 Å². The average molecular weight is 398 g/mol. The van der Waals surface area contributed by atoms with Crippen molar-refractivity contribution in [2.24, 2.45) is 0 Å². The Kier molecular flexibility index (Phi) is 4.51. The predicted molar refractivity (Wildman–Crippen MR) is 94.8 cm³/mol. The second-order valence-electron chi connectivity index (χ2n) is 5.07. The lowest BCUT2D eigenvalue weighted by molar-refractivity contribution is -0.384. The van der Waals surface area contributed by atoms with Gasteiger partial charge in [-0.2, -0.15) is 0 Å². The number of hydrogen-bond acceptors (Lipinski definition) is 4. The summed E-state index contributed by atoms with van der Waals surface area (Å²) in [5, 5.41) is 11.0. The average Bonchev–Trinajstić information content (AvgIpc) is 2.76. The molecule has 126 valence electrons. The highest BCUT2D eigenvalue weighted by molar-refractivity contribution is 6.60. The maximum absolute atomic E-state index is 12.7. The molecule has 0 unspecified atom stereocenters. The summed E-state index contributed by atoms with van der Waals surface area (Å²) in [6.07, 6.45) is 0. The summed E-state index contributed by atoms with van der Waals surface area (Å²) < 4.78 is 0. The Bertz CT molecular complexity index is 934. The fourth-order valence-corrected chi connectivity index (χ4v) is 3.19. The quantitative estimate of drug-likeness (QED) is 0.436. The number of amides is 2. The summed E-state index contributed by atoms with van der Waals surface area (Å²) in [4.78, 5) is 36.1. The second kappa shape index (κ2) is 6.48. The number of carbonyl (C=O) groups is 2. The van der Waals surface area contributed by atoms with Crippen molar-refractivity contribution in [3.05, 3.63) is 73.2 Å². The van der Waals surface area contributed by atoms with Crippen LogP contribution < -0.4 is 4.90 Å². The van der Waals surface area contributed by atoms with Crippen molar-refractivity contribution >= 4 is 63.6 Å². The number of halogens is 3. The third-order valence-electron chi connectivity index (χ3n) is 3.50. The third-order valence-corrected chi connectivity index (χ3v) is 4.29. The van der Waals surface area contributed by atoms with Crippen LogP contribution in [0.5, 0.6) is 0 Å². The molecule has 3 rings (SSSR count). The molecule has 9 heteroatoms. The van der Waals surface area contributed by atoms with Crippen LogP contribution in [0.25, 0.3) is 5.57 Å². The molecule has 0 atom stereocenters. The van der Waals surface area contributed by atoms with Crippen LogP contribution in [-0.4, -0.2) is 16.7 Å². The maximum atomic E-state index is 12.7. The van der Waals surface area contributed by atoms with Crippen LogP contribution in [0.1, 0.15) is 5.56 Å². The van der Waals surface area contributed by atoms with Crippen LogP contribution in [-0.2, 0) is 9.59 Å². The van der Waals surface area contributed by atoms with Gasteiger partial charge in [0.25, 0.3) is 17.5 Å². The molecular weight excluding hydrogens is 391 g/mol. The van der Waals surface area contributed by atoms with E-state index in [9.17, 15) is 19.7 Å². The Balaban J connectivity index is 2.03. The van der Waals surface area contributed by atoms with Gasteiger partial charge in [0, 0.05) is 22.2 Å². The van der Waals surface area contributed by atoms with E-state index in [1.807, 2.05) is 0 Å². The van der Waals surface area contributed by atoms with E-state index in [2.05, 4.69) is 0 Å². The lowest BCUT2D eigenvalue weighted by Crippen LogP contribution is -2.31. The van der Waals surface area contributed by atoms with E-state index < -0.39 is 16.7 Å². The number of hydrogen-bond donors (Lipinski definition) is 0. The number of benzene rings is 2. The molecular formula is C16H7Cl3N2O4. The molecule has 1 aliphatic rings. The largest absolute Gasteiger partial charge is 0.277 e. The summed E-state index contributed by atoms with van der Waals surface area (Å²) in [7, 11) is 0. The van der Waals surface area contributed by atoms with Crippen LogP contribution >= 0.6 is 34.8 Å². The van der Waals surface area contributed by atoms with E-state index in [-0.39, 0.29) is 32.0 Å². The number of nitrogens with zero attached hydrogens (tertiary/aromatic N) is 2. The van der Waals surface area contributed by atoms with Gasteiger partial charge in [-0.3, -0.25) is 19.7 Å². The molecule has 0 saturated heterocycles. The zero-order valence-electron chi connectivity index (χ0n) is 12.2. The van der Waals surface area contributed by atoms with Gasteiger partial charge in [0.2, 0.25) is 0 Å². The summed E-state index contributed by atoms with van der Waals surface area (Å²) in [6.45, 7) is 0. The molecule has 0 radical (unpaired) electrons. The summed E-state index contributed by atoms with van der Waals surface area (Å²) in [5.41, 5.74) is 0.292. The van der Waals surface area contributed by atoms with E-state index in [1.165, 1.54) is 42.5 Å². The molecule has 2 amide bonds. The molecule has 2 aromatic rings. The smallest absolute Gasteiger partial charge is 0.268 e. The highest BCUT2D eigenvalue weighted by Crippen LogP contribution is 2.37. The topological polar surface area (TPSA) is 80.5 Å². The molecule has 0 bridgehead atoms. The number of rotatable bonds is 3. The Hall–Kier alpha value is -2.41. The van der Waals surface area contributed by atoms with Gasteiger partial charge in [-0.25, -0.2) is 4.90 Å². The number of nitro groups is 1. The van der Waals surface area contributed by atoms with Crippen molar-refractivity contribution in [1.82, 2.24) is 0 Å². The SMILES string of the molecule is O=C1C(Cl)=C(c2ccc([N+](=O)[O-])cc2)C(=O)N1c1cc(Cl)cc(Cl)c1. The van der Waals surface area contributed by atoms with E-state index in [0.717, 1.165) is 4.90 Å². The van der Waals surface area contributed by atoms with Crippen molar-refractivity contribution in [2.75, 3.05) is 4.90 Å². The minimum atomic E-state index is -0.724. The zero-order chi connectivity index (χ0) is 18.3. The van der Waals surface area contributed by atoms with Gasteiger partial charge in [0.1, 0.15) is 5.03 Å². The molecule has 1 aliphatic heterocycles. The molecule has 25 heavy (non-hydrogen) atoms. The van der Waals surface area contributed by atoms with Gasteiger partial charge in [-0.05, 0) is 35.9 Å². The molecule has 2 aromatic carbocycles. The maximum Gasteiger partial charge on any atom is 0.277 e. The Morgan fingerprint density at radius 1 is 0.880 bits per heavy atom. The van der Waals surface area contributed by atoms with Crippen LogP contribution in [0, 0.1) is 10.1 Å². The monoisotopic (exact) mass is 396 g/mol. The van der Waals surface area contributed by atoms with Gasteiger partial charge >= 0.3 is 0 Å². The summed E-state index contributed by atoms with van der Waals surface area (Å²) in [6, 6.07) is 9.44. The van der Waals surface area contributed by atoms with E-state index in [0.29, 0.717) is 5.56 Å². The number of non-ortho nitro benzene ring substituents is 1. The highest BCUT2D eigenvalue weighted by atomic mass is 35.5. The van der Waals surface area contributed by atoms with Crippen LogP contribution in [0.3, 0.4) is 0 Å². The van der Waals surface area contributed by atoms with Gasteiger partial charge in [-0.1, -0.05) is 34.8 Å². The van der Waals surface area contributed by atoms with Crippen LogP contribution in [0.4, 0.5) is 11.4 Å². The minimum Gasteiger partial charge on any atom is -0.268 e. The first kappa shape index (κ1) is 17.4. The predicted octanol–water partition coefficient (Wildman–Crippen LogP) is 4.42. The first-order valence-corrected chi connectivity index (χ1v) is 7.92. The standard InChI is InChI=1S/C16H7Cl3N2O4/c17-9-5-10(18)7-12(6-9)20-15(22)13(14(19)16(20)23)8-1-3-11(4-2-8)21(24)25/h1-7H. The number of nitro benzene ring substituents is 1. The lowest BCUT2D eigenvalue weighted by atomic mass is 10.1. The van der Waals surface area contributed by atoms with Gasteiger partial charge < -0.3 is 0 Å². The number of imide groups is 1. The van der Waals surface area contributed by atoms with Gasteiger partial charge in [0.15, 0.2) is 0 Å². The lowest BCUT2D eigenvalue weighted by Gasteiger charge is -2.15. The molecule has 0 fully saturated rings. The first-order valence-electron chi connectivity index (χ1n) is 6.79. The molecule has 0 aliphatic carbocycles. The molecule has 0 N–H and O–H groups in total. The van der Waals surface area contributed by atoms with Crippen molar-refractivity contribution < 1.29 is 14.5 Å². The van der Waals surface area contributed by atoms with Gasteiger partial charge in [-0.15, -0.1) is 0 Å². The Morgan fingerprint density at radius 3 is 1.96 bits per heavy atom. The first-order chi connectivity index (χ1) is 11.8. The van der Waals surface area contributed by atoms with Crippen LogP contribution in [0.15, 0.2) is 47.5 Å². The molecule has 6 nitrogen and oxygen atoms in total. The van der Waals surface area contributed by atoms with Crippen molar-refractivity contribution in [3.8, 4) is 0 Å². The van der Waals surface area contributed by atoms with Crippen molar-refractivity contribution in [3.63, 3.8) is 0 Å². The zero-order valence-corrected chi connectivity index (χ0v) is 14.5. The van der Waals surface area contributed by atoms with E-state index in [1.54, 1.807) is 0 Å². The molecule has 0 spiro atoms. The second-order valence-corrected chi connectivity index (χ2v) is 6.32. The summed E-state index contributed by atoms with van der Waals surface area (Å²) in [5.74, 6) is -1.39. The fraction of sp³-hybridized carbons (Fsp3) is 0. The van der Waals surface area contributed by atoms with Crippen molar-refractivity contribution in [2.45, 2.75) is 0 Å². The highest BCUT2D eigenvalue weighted by Gasteiger charge is 2.39. The van der Waals surface area contributed by atoms with E-state index >= 15 is 0 Å². The molecule has 0 aromatic heterocycles. The number of anilines is 1. The Labute approximate surface area is 156 Å². The summed E-state index contributed by atoms with van der Waals surface area (Å²) >= 11 is 17.9. The molecule has 1 heterocycles. The van der Waals surface area contributed by atoms with Gasteiger partial charge in [0.05, 0.1) is 16.2 Å². The Morgan fingerprint density at radius 2 is 1.44 bits per heavy atom. The van der Waals surface area contributed by atoms with E-state index in [4.69, 9.17) is 34.8 Å². The minimum absolute atomic E-state index is 0.0438. The molecule has 0 saturated carbocycles. The van der Waals surface area contributed by atoms with Crippen molar-refractivity contribution in [1.29, 1.82) is 0 Å². The fourth-order valence-electron chi connectivity index (χ4n) is 2.41. The third kappa shape index (κ3) is 3.11.